The molecule has 2 aromatic heterocycles. The van der Waals surface area contributed by atoms with E-state index in [1.807, 2.05) is 25.3 Å². The first-order valence-electron chi connectivity index (χ1n) is 9.05. The minimum atomic E-state index is -0.604. The highest BCUT2D eigenvalue weighted by Crippen LogP contribution is 2.29. The van der Waals surface area contributed by atoms with E-state index >= 15 is 0 Å². The summed E-state index contributed by atoms with van der Waals surface area (Å²) >= 11 is 1.33. The monoisotopic (exact) mass is 413 g/mol. The molecule has 0 atom stereocenters. The number of hydrogen-bond donors (Lipinski definition) is 2. The van der Waals surface area contributed by atoms with Gasteiger partial charge < -0.3 is 9.15 Å². The maximum atomic E-state index is 12.6. The minimum absolute atomic E-state index is 0.321. The molecule has 0 saturated carbocycles. The van der Waals surface area contributed by atoms with E-state index in [-0.39, 0.29) is 5.91 Å². The van der Waals surface area contributed by atoms with E-state index in [9.17, 15) is 9.59 Å². The Morgan fingerprint density at radius 1 is 1.14 bits per heavy atom. The molecule has 8 heteroatoms. The summed E-state index contributed by atoms with van der Waals surface area (Å²) in [6.45, 7) is 9.11. The van der Waals surface area contributed by atoms with Crippen molar-refractivity contribution in [3.05, 3.63) is 52.8 Å². The average molecular weight is 413 g/mol. The fourth-order valence-electron chi connectivity index (χ4n) is 2.67. The molecule has 2 N–H and O–H groups in total. The Hall–Kier alpha value is -3.13. The topological polar surface area (TPSA) is 93.5 Å². The molecule has 0 aliphatic heterocycles. The molecule has 0 spiro atoms. The summed E-state index contributed by atoms with van der Waals surface area (Å²) in [5.74, 6) is 1.27. The van der Waals surface area contributed by atoms with Crippen molar-refractivity contribution in [1.29, 1.82) is 0 Å². The van der Waals surface area contributed by atoms with Gasteiger partial charge in [-0.25, -0.2) is 9.78 Å². The van der Waals surface area contributed by atoms with Crippen LogP contribution in [0.3, 0.4) is 0 Å². The van der Waals surface area contributed by atoms with Crippen molar-refractivity contribution in [3.63, 3.8) is 0 Å². The second kappa shape index (κ2) is 8.08. The lowest BCUT2D eigenvalue weighted by atomic mass is 10.2. The van der Waals surface area contributed by atoms with Crippen LogP contribution >= 0.6 is 11.3 Å². The maximum absolute atomic E-state index is 12.6. The smallest absolute Gasteiger partial charge is 0.412 e. The molecule has 3 rings (SSSR count). The molecule has 29 heavy (non-hydrogen) atoms. The predicted octanol–water partition coefficient (Wildman–Crippen LogP) is 5.62. The van der Waals surface area contributed by atoms with Crippen molar-refractivity contribution in [2.75, 3.05) is 10.6 Å². The molecule has 0 fully saturated rings. The van der Waals surface area contributed by atoms with Crippen molar-refractivity contribution in [2.45, 2.75) is 40.2 Å². The number of carbonyl (C=O) groups is 2. The van der Waals surface area contributed by atoms with Crippen molar-refractivity contribution in [1.82, 2.24) is 4.98 Å². The summed E-state index contributed by atoms with van der Waals surface area (Å²) in [6.07, 6.45) is -0.578. The van der Waals surface area contributed by atoms with Crippen LogP contribution in [0.5, 0.6) is 0 Å². The molecule has 0 aliphatic carbocycles. The molecular weight excluding hydrogens is 390 g/mol. The van der Waals surface area contributed by atoms with Crippen LogP contribution in [0.4, 0.5) is 15.6 Å². The van der Waals surface area contributed by atoms with Crippen LogP contribution < -0.4 is 10.6 Å². The van der Waals surface area contributed by atoms with Crippen LogP contribution in [0.25, 0.3) is 11.3 Å². The molecular formula is C21H23N3O4S. The van der Waals surface area contributed by atoms with Gasteiger partial charge in [-0.3, -0.25) is 15.4 Å². The van der Waals surface area contributed by atoms with Gasteiger partial charge in [-0.1, -0.05) is 6.07 Å². The fraction of sp³-hybridized carbons (Fsp3) is 0.286. The van der Waals surface area contributed by atoms with Gasteiger partial charge in [0.05, 0.1) is 5.69 Å². The third-order valence-electron chi connectivity index (χ3n) is 3.81. The fourth-order valence-corrected chi connectivity index (χ4v) is 3.37. The first kappa shape index (κ1) is 20.6. The highest BCUT2D eigenvalue weighted by molar-refractivity contribution is 7.14. The molecule has 0 unspecified atom stereocenters. The van der Waals surface area contributed by atoms with Crippen LogP contribution in [0.15, 0.2) is 40.1 Å². The molecule has 2 amide bonds. The van der Waals surface area contributed by atoms with Crippen LogP contribution in [0, 0.1) is 13.8 Å². The zero-order valence-electron chi connectivity index (χ0n) is 17.0. The Balaban J connectivity index is 1.68. The first-order valence-corrected chi connectivity index (χ1v) is 9.93. The van der Waals surface area contributed by atoms with E-state index in [0.717, 1.165) is 22.8 Å². The Labute approximate surface area is 173 Å². The summed E-state index contributed by atoms with van der Waals surface area (Å²) < 4.78 is 10.8. The summed E-state index contributed by atoms with van der Waals surface area (Å²) in [5.41, 5.74) is 1.91. The molecule has 0 saturated heterocycles. The number of nitrogens with zero attached hydrogens (tertiary/aromatic N) is 1. The van der Waals surface area contributed by atoms with Crippen LogP contribution in [-0.2, 0) is 4.74 Å². The maximum Gasteiger partial charge on any atom is 0.412 e. The molecule has 0 aliphatic rings. The van der Waals surface area contributed by atoms with Gasteiger partial charge in [0.25, 0.3) is 5.91 Å². The zero-order valence-corrected chi connectivity index (χ0v) is 17.8. The van der Waals surface area contributed by atoms with Gasteiger partial charge in [-0.15, -0.1) is 11.3 Å². The van der Waals surface area contributed by atoms with Crippen LogP contribution in [0.1, 0.15) is 42.6 Å². The summed E-state index contributed by atoms with van der Waals surface area (Å²) in [6, 6.07) is 8.53. The molecule has 7 nitrogen and oxygen atoms in total. The second-order valence-corrected chi connectivity index (χ2v) is 8.38. The first-order chi connectivity index (χ1) is 13.6. The molecule has 2 heterocycles. The van der Waals surface area contributed by atoms with Crippen molar-refractivity contribution in [2.24, 2.45) is 0 Å². The number of amides is 2. The van der Waals surface area contributed by atoms with Crippen molar-refractivity contribution < 1.29 is 18.7 Å². The summed E-state index contributed by atoms with van der Waals surface area (Å²) in [4.78, 5) is 29.0. The van der Waals surface area contributed by atoms with Crippen LogP contribution in [-0.4, -0.2) is 22.6 Å². The quantitative estimate of drug-likeness (QED) is 0.579. The Morgan fingerprint density at radius 3 is 2.55 bits per heavy atom. The van der Waals surface area contributed by atoms with E-state index in [1.54, 1.807) is 45.0 Å². The van der Waals surface area contributed by atoms with Gasteiger partial charge in [0.1, 0.15) is 17.1 Å². The number of aryl methyl sites for hydroxylation is 2. The van der Waals surface area contributed by atoms with Crippen molar-refractivity contribution in [3.8, 4) is 11.3 Å². The molecule has 152 valence electrons. The number of ether oxygens (including phenoxy) is 1. The lowest BCUT2D eigenvalue weighted by molar-refractivity contribution is 0.0635. The Kier molecular flexibility index (Phi) is 5.74. The number of carbonyl (C=O) groups excluding carboxylic acids is 2. The molecule has 1 aromatic carbocycles. The normalized spacial score (nSPS) is 11.2. The number of furan rings is 1. The van der Waals surface area contributed by atoms with Gasteiger partial charge in [-0.05, 0) is 58.9 Å². The van der Waals surface area contributed by atoms with E-state index in [4.69, 9.17) is 9.15 Å². The number of nitrogens with one attached hydrogen (secondary N) is 2. The van der Waals surface area contributed by atoms with Crippen LogP contribution in [0.2, 0.25) is 0 Å². The third kappa shape index (κ3) is 5.45. The number of anilines is 2. The Morgan fingerprint density at radius 2 is 1.90 bits per heavy atom. The van der Waals surface area contributed by atoms with Gasteiger partial charge in [0, 0.05) is 22.2 Å². The van der Waals surface area contributed by atoms with E-state index in [2.05, 4.69) is 15.6 Å². The number of rotatable bonds is 4. The Bertz CT molecular complexity index is 1050. The van der Waals surface area contributed by atoms with Gasteiger partial charge in [0.2, 0.25) is 0 Å². The number of thiazole rings is 1. The average Bonchev–Trinajstić information content (AvgIpc) is 3.19. The van der Waals surface area contributed by atoms with E-state index < -0.39 is 11.7 Å². The second-order valence-electron chi connectivity index (χ2n) is 7.53. The third-order valence-corrected chi connectivity index (χ3v) is 4.57. The van der Waals surface area contributed by atoms with Crippen molar-refractivity contribution >= 4 is 34.2 Å². The lowest BCUT2D eigenvalue weighted by Crippen LogP contribution is -2.27. The number of aromatic nitrogens is 1. The van der Waals surface area contributed by atoms with E-state index in [1.165, 1.54) is 11.3 Å². The zero-order chi connectivity index (χ0) is 21.2. The largest absolute Gasteiger partial charge is 0.466 e. The SMILES string of the molecule is Cc1cc(-c2csc(NC(=O)c3cccc(NC(=O)OC(C)(C)C)c3)n2)c(C)o1. The highest BCUT2D eigenvalue weighted by atomic mass is 32.1. The van der Waals surface area contributed by atoms with Gasteiger partial charge in [-0.2, -0.15) is 0 Å². The van der Waals surface area contributed by atoms with Gasteiger partial charge >= 0.3 is 6.09 Å². The minimum Gasteiger partial charge on any atom is -0.466 e. The molecule has 0 radical (unpaired) electrons. The molecule has 0 bridgehead atoms. The summed E-state index contributed by atoms with van der Waals surface area (Å²) in [7, 11) is 0. The highest BCUT2D eigenvalue weighted by Gasteiger charge is 2.17. The lowest BCUT2D eigenvalue weighted by Gasteiger charge is -2.19. The number of hydrogen-bond acceptors (Lipinski definition) is 6. The van der Waals surface area contributed by atoms with E-state index in [0.29, 0.717) is 16.4 Å². The predicted molar refractivity (Wildman–Crippen MR) is 114 cm³/mol. The molecule has 3 aromatic rings. The standard InChI is InChI=1S/C21H23N3O4S/c1-12-9-16(13(2)27-12)17-11-29-19(23-17)24-18(25)14-7-6-8-15(10-14)22-20(26)28-21(3,4)5/h6-11H,1-5H3,(H,22,26)(H,23,24,25). The number of benzene rings is 1. The summed E-state index contributed by atoms with van der Waals surface area (Å²) in [5, 5.41) is 7.76. The van der Waals surface area contributed by atoms with Gasteiger partial charge in [0.15, 0.2) is 5.13 Å².